The Labute approximate surface area is 116 Å². The highest BCUT2D eigenvalue weighted by atomic mass is 16.5. The van der Waals surface area contributed by atoms with Crippen LogP contribution >= 0.6 is 0 Å². The minimum Gasteiger partial charge on any atom is -0.375 e. The van der Waals surface area contributed by atoms with E-state index in [9.17, 15) is 0 Å². The second-order valence-electron chi connectivity index (χ2n) is 5.86. The Hall–Kier alpha value is -0.870. The zero-order valence-electron chi connectivity index (χ0n) is 12.8. The fourth-order valence-corrected chi connectivity index (χ4v) is 3.24. The summed E-state index contributed by atoms with van der Waals surface area (Å²) in [7, 11) is 1.97. The molecule has 0 bridgehead atoms. The van der Waals surface area contributed by atoms with Gasteiger partial charge in [0.25, 0.3) is 0 Å². The van der Waals surface area contributed by atoms with Gasteiger partial charge in [-0.1, -0.05) is 13.8 Å². The monoisotopic (exact) mass is 265 g/mol. The van der Waals surface area contributed by atoms with Gasteiger partial charge >= 0.3 is 0 Å². The Morgan fingerprint density at radius 1 is 1.37 bits per heavy atom. The molecule has 1 aromatic rings. The molecular weight excluding hydrogens is 238 g/mol. The predicted octanol–water partition coefficient (Wildman–Crippen LogP) is 2.52. The number of rotatable bonds is 5. The Kier molecular flexibility index (Phi) is 4.63. The molecule has 2 rings (SSSR count). The number of ether oxygens (including phenoxy) is 1. The maximum absolute atomic E-state index is 6.01. The molecule has 0 aromatic carbocycles. The van der Waals surface area contributed by atoms with E-state index in [1.807, 2.05) is 17.9 Å². The molecule has 1 fully saturated rings. The van der Waals surface area contributed by atoms with Gasteiger partial charge in [-0.2, -0.15) is 5.10 Å². The van der Waals surface area contributed by atoms with E-state index in [-0.39, 0.29) is 0 Å². The third kappa shape index (κ3) is 3.00. The summed E-state index contributed by atoms with van der Waals surface area (Å²) in [5.74, 6) is 1.07. The Bertz CT molecular complexity index is 404. The maximum atomic E-state index is 6.01. The molecule has 0 saturated carbocycles. The summed E-state index contributed by atoms with van der Waals surface area (Å²) < 4.78 is 7.89. The van der Waals surface area contributed by atoms with Crippen LogP contribution in [0.4, 0.5) is 0 Å². The normalized spacial score (nSPS) is 32.7. The van der Waals surface area contributed by atoms with Crippen molar-refractivity contribution in [3.05, 3.63) is 18.0 Å². The third-order valence-corrected chi connectivity index (χ3v) is 4.40. The van der Waals surface area contributed by atoms with Crippen molar-refractivity contribution in [2.24, 2.45) is 18.9 Å². The van der Waals surface area contributed by atoms with Gasteiger partial charge in [0.05, 0.1) is 18.4 Å². The highest BCUT2D eigenvalue weighted by molar-refractivity contribution is 5.14. The SMILES string of the molecule is CCCNC(c1cnn(C)c1)C1C(C)OC(C)C1C. The van der Waals surface area contributed by atoms with Crippen LogP contribution in [0.2, 0.25) is 0 Å². The largest absolute Gasteiger partial charge is 0.375 e. The summed E-state index contributed by atoms with van der Waals surface area (Å²) in [6, 6.07) is 0.337. The van der Waals surface area contributed by atoms with E-state index in [2.05, 4.69) is 44.3 Å². The average molecular weight is 265 g/mol. The van der Waals surface area contributed by atoms with Crippen molar-refractivity contribution in [1.29, 1.82) is 0 Å². The highest BCUT2D eigenvalue weighted by Crippen LogP contribution is 2.40. The molecule has 0 aliphatic carbocycles. The second-order valence-corrected chi connectivity index (χ2v) is 5.86. The summed E-state index contributed by atoms with van der Waals surface area (Å²) in [4.78, 5) is 0. The summed E-state index contributed by atoms with van der Waals surface area (Å²) in [5, 5.41) is 8.01. The first-order valence-electron chi connectivity index (χ1n) is 7.42. The fourth-order valence-electron chi connectivity index (χ4n) is 3.24. The van der Waals surface area contributed by atoms with Crippen molar-refractivity contribution in [3.63, 3.8) is 0 Å². The molecular formula is C15H27N3O. The molecule has 5 unspecified atom stereocenters. The van der Waals surface area contributed by atoms with Gasteiger partial charge in [0.15, 0.2) is 0 Å². The van der Waals surface area contributed by atoms with Crippen LogP contribution in [0.25, 0.3) is 0 Å². The van der Waals surface area contributed by atoms with E-state index >= 15 is 0 Å². The minimum absolute atomic E-state index is 0.291. The smallest absolute Gasteiger partial charge is 0.0600 e. The second kappa shape index (κ2) is 6.06. The molecule has 1 aliphatic rings. The van der Waals surface area contributed by atoms with Crippen LogP contribution in [0.5, 0.6) is 0 Å². The van der Waals surface area contributed by atoms with Crippen LogP contribution in [0, 0.1) is 11.8 Å². The van der Waals surface area contributed by atoms with E-state index in [0.717, 1.165) is 13.0 Å². The van der Waals surface area contributed by atoms with Crippen molar-refractivity contribution in [1.82, 2.24) is 15.1 Å². The van der Waals surface area contributed by atoms with Gasteiger partial charge in [0, 0.05) is 30.8 Å². The first-order chi connectivity index (χ1) is 9.04. The topological polar surface area (TPSA) is 39.1 Å². The van der Waals surface area contributed by atoms with Gasteiger partial charge in [0.2, 0.25) is 0 Å². The summed E-state index contributed by atoms with van der Waals surface area (Å²) in [5.41, 5.74) is 1.28. The lowest BCUT2D eigenvalue weighted by molar-refractivity contribution is 0.0475. The molecule has 1 aromatic heterocycles. The number of aromatic nitrogens is 2. The molecule has 4 heteroatoms. The van der Waals surface area contributed by atoms with Crippen molar-refractivity contribution in [3.8, 4) is 0 Å². The van der Waals surface area contributed by atoms with Gasteiger partial charge in [-0.15, -0.1) is 0 Å². The molecule has 5 atom stereocenters. The highest BCUT2D eigenvalue weighted by Gasteiger charge is 2.42. The van der Waals surface area contributed by atoms with Crippen LogP contribution in [0.1, 0.15) is 45.7 Å². The molecule has 1 saturated heterocycles. The first-order valence-corrected chi connectivity index (χ1v) is 7.42. The van der Waals surface area contributed by atoms with Crippen LogP contribution in [-0.4, -0.2) is 28.5 Å². The van der Waals surface area contributed by atoms with E-state index in [1.165, 1.54) is 5.56 Å². The Balaban J connectivity index is 2.22. The maximum Gasteiger partial charge on any atom is 0.0600 e. The Morgan fingerprint density at radius 3 is 2.58 bits per heavy atom. The minimum atomic E-state index is 0.291. The molecule has 0 spiro atoms. The quantitative estimate of drug-likeness (QED) is 0.889. The van der Waals surface area contributed by atoms with Crippen LogP contribution in [0.3, 0.4) is 0 Å². The third-order valence-electron chi connectivity index (χ3n) is 4.40. The lowest BCUT2D eigenvalue weighted by Crippen LogP contribution is -2.35. The van der Waals surface area contributed by atoms with Gasteiger partial charge in [-0.3, -0.25) is 4.68 Å². The zero-order chi connectivity index (χ0) is 14.0. The Morgan fingerprint density at radius 2 is 2.11 bits per heavy atom. The average Bonchev–Trinajstić information content (AvgIpc) is 2.88. The lowest BCUT2D eigenvalue weighted by Gasteiger charge is -2.29. The number of nitrogens with zero attached hydrogens (tertiary/aromatic N) is 2. The van der Waals surface area contributed by atoms with E-state index in [0.29, 0.717) is 30.1 Å². The van der Waals surface area contributed by atoms with Crippen LogP contribution < -0.4 is 5.32 Å². The van der Waals surface area contributed by atoms with E-state index in [1.54, 1.807) is 0 Å². The summed E-state index contributed by atoms with van der Waals surface area (Å²) in [6.07, 6.45) is 5.87. The van der Waals surface area contributed by atoms with Crippen LogP contribution in [-0.2, 0) is 11.8 Å². The standard InChI is InChI=1S/C15H27N3O/c1-6-7-16-15(13-8-17-18(5)9-13)14-10(2)11(3)19-12(14)4/h8-12,14-16H,6-7H2,1-5H3. The molecule has 19 heavy (non-hydrogen) atoms. The van der Waals surface area contributed by atoms with Crippen molar-refractivity contribution < 1.29 is 4.74 Å². The van der Waals surface area contributed by atoms with Crippen molar-refractivity contribution >= 4 is 0 Å². The van der Waals surface area contributed by atoms with Crippen molar-refractivity contribution in [2.45, 2.75) is 52.4 Å². The first kappa shape index (κ1) is 14.5. The van der Waals surface area contributed by atoms with Crippen molar-refractivity contribution in [2.75, 3.05) is 6.54 Å². The van der Waals surface area contributed by atoms with Gasteiger partial charge in [-0.25, -0.2) is 0 Å². The van der Waals surface area contributed by atoms with Gasteiger partial charge < -0.3 is 10.1 Å². The fraction of sp³-hybridized carbons (Fsp3) is 0.800. The molecule has 1 aliphatic heterocycles. The molecule has 2 heterocycles. The number of nitrogens with one attached hydrogen (secondary N) is 1. The van der Waals surface area contributed by atoms with E-state index in [4.69, 9.17) is 4.74 Å². The van der Waals surface area contributed by atoms with E-state index < -0.39 is 0 Å². The lowest BCUT2D eigenvalue weighted by atomic mass is 9.81. The molecule has 0 amide bonds. The number of hydrogen-bond donors (Lipinski definition) is 1. The summed E-state index contributed by atoms with van der Waals surface area (Å²) in [6.45, 7) is 9.91. The predicted molar refractivity (Wildman–Crippen MR) is 76.9 cm³/mol. The molecule has 4 nitrogen and oxygen atoms in total. The number of hydrogen-bond acceptors (Lipinski definition) is 3. The molecule has 108 valence electrons. The zero-order valence-corrected chi connectivity index (χ0v) is 12.8. The van der Waals surface area contributed by atoms with Gasteiger partial charge in [0.1, 0.15) is 0 Å². The van der Waals surface area contributed by atoms with Crippen LogP contribution in [0.15, 0.2) is 12.4 Å². The molecule has 1 N–H and O–H groups in total. The molecule has 0 radical (unpaired) electrons. The summed E-state index contributed by atoms with van der Waals surface area (Å²) >= 11 is 0. The van der Waals surface area contributed by atoms with Gasteiger partial charge in [-0.05, 0) is 32.7 Å². The number of aryl methyl sites for hydroxylation is 1.